The summed E-state index contributed by atoms with van der Waals surface area (Å²) in [6, 6.07) is 0. The van der Waals surface area contributed by atoms with E-state index in [0.717, 1.165) is 17.8 Å². The molecular weight excluding hydrogens is 370 g/mol. The van der Waals surface area contributed by atoms with Gasteiger partial charge in [0.1, 0.15) is 9.82 Å². The van der Waals surface area contributed by atoms with Crippen molar-refractivity contribution in [3.8, 4) is 0 Å². The first-order chi connectivity index (χ1) is 11.9. The first kappa shape index (κ1) is 20.6. The summed E-state index contributed by atoms with van der Waals surface area (Å²) < 4.78 is 4.43. The van der Waals surface area contributed by atoms with Crippen molar-refractivity contribution in [2.45, 2.75) is 48.1 Å². The molecule has 0 aliphatic heterocycles. The number of carbonyl (C=O) groups excluding carboxylic acids is 1. The summed E-state index contributed by atoms with van der Waals surface area (Å²) in [5.41, 5.74) is 0.902. The van der Waals surface area contributed by atoms with E-state index < -0.39 is 5.41 Å². The van der Waals surface area contributed by atoms with Crippen LogP contribution in [0.5, 0.6) is 0 Å². The summed E-state index contributed by atoms with van der Waals surface area (Å²) in [7, 11) is 1.68. The van der Waals surface area contributed by atoms with Crippen LogP contribution in [0.25, 0.3) is 12.2 Å². The lowest BCUT2D eigenvalue weighted by Gasteiger charge is -2.12. The summed E-state index contributed by atoms with van der Waals surface area (Å²) >= 11 is 7.76. The van der Waals surface area contributed by atoms with E-state index in [1.807, 2.05) is 27.7 Å². The fraction of sp³-hybridized carbons (Fsp3) is 0.526. The van der Waals surface area contributed by atoms with Crippen molar-refractivity contribution >= 4 is 40.9 Å². The molecule has 0 aliphatic rings. The molecule has 0 bridgehead atoms. The van der Waals surface area contributed by atoms with Crippen LogP contribution in [0.15, 0.2) is 4.79 Å². The van der Waals surface area contributed by atoms with Gasteiger partial charge in [-0.1, -0.05) is 46.2 Å². The standard InChI is InChI=1S/C19H26ClN3O2S/c1-11(2)10-23-17(20)13(12(3)21-23)8-14-18(25)22(7)16(26-14)9-15(24)19(4,5)6/h8-9,11H,10H2,1-7H3/b14-8-,16-9-. The van der Waals surface area contributed by atoms with Crippen LogP contribution in [-0.4, -0.2) is 20.1 Å². The molecule has 0 saturated carbocycles. The first-order valence-electron chi connectivity index (χ1n) is 8.58. The fourth-order valence-corrected chi connectivity index (χ4v) is 3.68. The Morgan fingerprint density at radius 3 is 2.50 bits per heavy atom. The number of rotatable bonds is 4. The Balaban J connectivity index is 2.60. The first-order valence-corrected chi connectivity index (χ1v) is 9.78. The summed E-state index contributed by atoms with van der Waals surface area (Å²) in [6.07, 6.45) is 3.31. The van der Waals surface area contributed by atoms with Crippen LogP contribution in [-0.2, 0) is 18.4 Å². The van der Waals surface area contributed by atoms with Gasteiger partial charge < -0.3 is 4.57 Å². The Labute approximate surface area is 162 Å². The normalized spacial score (nSPS) is 13.9. The Morgan fingerprint density at radius 1 is 1.35 bits per heavy atom. The van der Waals surface area contributed by atoms with Crippen LogP contribution in [0.3, 0.4) is 0 Å². The Morgan fingerprint density at radius 2 is 1.96 bits per heavy atom. The van der Waals surface area contributed by atoms with Gasteiger partial charge in [-0.3, -0.25) is 14.3 Å². The molecule has 0 unspecified atom stereocenters. The quantitative estimate of drug-likeness (QED) is 0.799. The second-order valence-corrected chi connectivity index (χ2v) is 9.36. The molecule has 7 heteroatoms. The number of hydrogen-bond acceptors (Lipinski definition) is 4. The van der Waals surface area contributed by atoms with E-state index in [0.29, 0.717) is 20.3 Å². The van der Waals surface area contributed by atoms with E-state index in [9.17, 15) is 9.59 Å². The minimum atomic E-state index is -0.484. The summed E-state index contributed by atoms with van der Waals surface area (Å²) in [5.74, 6) is 0.402. The molecule has 2 heterocycles. The number of aromatic nitrogens is 3. The lowest BCUT2D eigenvalue weighted by molar-refractivity contribution is -0.120. The van der Waals surface area contributed by atoms with E-state index in [2.05, 4.69) is 18.9 Å². The lowest BCUT2D eigenvalue weighted by Crippen LogP contribution is -2.30. The van der Waals surface area contributed by atoms with Gasteiger partial charge in [-0.2, -0.15) is 5.10 Å². The van der Waals surface area contributed by atoms with E-state index in [1.165, 1.54) is 15.9 Å². The highest BCUT2D eigenvalue weighted by atomic mass is 35.5. The maximum absolute atomic E-state index is 12.6. The third-order valence-electron chi connectivity index (χ3n) is 3.98. The van der Waals surface area contributed by atoms with Gasteiger partial charge in [0.15, 0.2) is 5.78 Å². The zero-order valence-electron chi connectivity index (χ0n) is 16.4. The monoisotopic (exact) mass is 395 g/mol. The molecule has 2 aromatic rings. The third kappa shape index (κ3) is 4.35. The molecule has 5 nitrogen and oxygen atoms in total. The largest absolute Gasteiger partial charge is 0.302 e. The maximum atomic E-state index is 12.6. The highest BCUT2D eigenvalue weighted by Crippen LogP contribution is 2.21. The maximum Gasteiger partial charge on any atom is 0.268 e. The van der Waals surface area contributed by atoms with Crippen LogP contribution in [0.1, 0.15) is 45.9 Å². The van der Waals surface area contributed by atoms with Crippen LogP contribution >= 0.6 is 22.9 Å². The molecule has 0 spiro atoms. The highest BCUT2D eigenvalue weighted by molar-refractivity contribution is 7.07. The van der Waals surface area contributed by atoms with Gasteiger partial charge in [0, 0.05) is 30.6 Å². The SMILES string of the molecule is Cc1nn(CC(C)C)c(Cl)c1/C=c1\s/c(=C\C(=O)C(C)(C)C)n(C)c1=O. The predicted octanol–water partition coefficient (Wildman–Crippen LogP) is 2.49. The molecular formula is C19H26ClN3O2S. The Kier molecular flexibility index (Phi) is 5.98. The van der Waals surface area contributed by atoms with E-state index in [4.69, 9.17) is 11.6 Å². The minimum Gasteiger partial charge on any atom is -0.302 e. The second-order valence-electron chi connectivity index (χ2n) is 7.94. The van der Waals surface area contributed by atoms with Crippen molar-refractivity contribution in [2.75, 3.05) is 0 Å². The Hall–Kier alpha value is -1.66. The number of ketones is 1. The van der Waals surface area contributed by atoms with E-state index in [-0.39, 0.29) is 11.3 Å². The molecule has 2 aromatic heterocycles. The van der Waals surface area contributed by atoms with Gasteiger partial charge in [0.25, 0.3) is 5.56 Å². The van der Waals surface area contributed by atoms with E-state index >= 15 is 0 Å². The number of carbonyl (C=O) groups is 1. The number of thiazole rings is 1. The summed E-state index contributed by atoms with van der Waals surface area (Å²) in [4.78, 5) is 24.8. The van der Waals surface area contributed by atoms with E-state index in [1.54, 1.807) is 23.9 Å². The third-order valence-corrected chi connectivity index (χ3v) is 5.49. The molecule has 142 valence electrons. The zero-order chi connectivity index (χ0) is 19.8. The molecule has 0 radical (unpaired) electrons. The van der Waals surface area contributed by atoms with Gasteiger partial charge in [0.05, 0.1) is 10.2 Å². The number of Topliss-reactive ketones (excluding diaryl/α,β-unsaturated/α-hetero) is 1. The zero-order valence-corrected chi connectivity index (χ0v) is 18.0. The Bertz CT molecular complexity index is 1000. The molecule has 0 fully saturated rings. The molecule has 26 heavy (non-hydrogen) atoms. The van der Waals surface area contributed by atoms with Gasteiger partial charge >= 0.3 is 0 Å². The average molecular weight is 396 g/mol. The number of hydrogen-bond donors (Lipinski definition) is 0. The number of nitrogens with zero attached hydrogens (tertiary/aromatic N) is 3. The van der Waals surface area contributed by atoms with Gasteiger partial charge in [-0.15, -0.1) is 11.3 Å². The van der Waals surface area contributed by atoms with Gasteiger partial charge in [-0.25, -0.2) is 0 Å². The van der Waals surface area contributed by atoms with Crippen molar-refractivity contribution in [1.82, 2.24) is 14.3 Å². The number of halogens is 1. The van der Waals surface area contributed by atoms with Crippen molar-refractivity contribution in [1.29, 1.82) is 0 Å². The molecule has 0 aliphatic carbocycles. The molecule has 0 N–H and O–H groups in total. The highest BCUT2D eigenvalue weighted by Gasteiger charge is 2.19. The summed E-state index contributed by atoms with van der Waals surface area (Å²) in [5, 5.41) is 5.00. The van der Waals surface area contributed by atoms with Crippen molar-refractivity contribution < 1.29 is 4.79 Å². The lowest BCUT2D eigenvalue weighted by atomic mass is 9.91. The van der Waals surface area contributed by atoms with Gasteiger partial charge in [0.2, 0.25) is 0 Å². The smallest absolute Gasteiger partial charge is 0.268 e. The van der Waals surface area contributed by atoms with Crippen molar-refractivity contribution in [3.05, 3.63) is 36.0 Å². The van der Waals surface area contributed by atoms with Crippen molar-refractivity contribution in [2.24, 2.45) is 18.4 Å². The predicted molar refractivity (Wildman–Crippen MR) is 108 cm³/mol. The summed E-state index contributed by atoms with van der Waals surface area (Å²) in [6.45, 7) is 12.4. The molecule has 0 amide bonds. The van der Waals surface area contributed by atoms with Gasteiger partial charge in [-0.05, 0) is 18.9 Å². The van der Waals surface area contributed by atoms with Crippen LogP contribution in [0, 0.1) is 18.3 Å². The topological polar surface area (TPSA) is 56.9 Å². The minimum absolute atomic E-state index is 0.0140. The van der Waals surface area contributed by atoms with Crippen molar-refractivity contribution in [3.63, 3.8) is 0 Å². The average Bonchev–Trinajstić information content (AvgIpc) is 2.91. The number of aryl methyl sites for hydroxylation is 1. The molecule has 0 saturated heterocycles. The molecule has 0 atom stereocenters. The fourth-order valence-electron chi connectivity index (χ4n) is 2.37. The van der Waals surface area contributed by atoms with Crippen LogP contribution in [0.2, 0.25) is 5.15 Å². The molecule has 2 rings (SSSR count). The van der Waals surface area contributed by atoms with Crippen LogP contribution in [0.4, 0.5) is 0 Å². The second kappa shape index (κ2) is 7.53. The molecule has 0 aromatic carbocycles. The van der Waals surface area contributed by atoms with Crippen LogP contribution < -0.4 is 14.8 Å².